The minimum absolute atomic E-state index is 0.0661. The largest absolute Gasteiger partial charge is 0.393 e. The molecule has 0 unspecified atom stereocenters. The van der Waals surface area contributed by atoms with Crippen molar-refractivity contribution in [2.24, 2.45) is 40.4 Å². The molecule has 1 saturated heterocycles. The molecule has 6 rings (SSSR count). The van der Waals surface area contributed by atoms with Crippen molar-refractivity contribution in [3.8, 4) is 0 Å². The topological polar surface area (TPSA) is 65.0 Å². The van der Waals surface area contributed by atoms with Gasteiger partial charge in [0.15, 0.2) is 0 Å². The van der Waals surface area contributed by atoms with E-state index in [-0.39, 0.29) is 17.1 Å². The van der Waals surface area contributed by atoms with E-state index in [2.05, 4.69) is 26.2 Å². The first-order valence-electron chi connectivity index (χ1n) is 16.0. The summed E-state index contributed by atoms with van der Waals surface area (Å²) in [6.07, 6.45) is 18.4. The van der Waals surface area contributed by atoms with Gasteiger partial charge in [-0.15, -0.1) is 0 Å². The lowest BCUT2D eigenvalue weighted by atomic mass is 9.46. The average molecular weight is 514 g/mol. The predicted molar refractivity (Wildman–Crippen MR) is 149 cm³/mol. The van der Waals surface area contributed by atoms with Crippen LogP contribution in [0.2, 0.25) is 0 Å². The molecule has 6 fully saturated rings. The Hall–Kier alpha value is -0.420. The molecule has 5 aliphatic carbocycles. The van der Waals surface area contributed by atoms with E-state index in [1.807, 2.05) is 0 Å². The van der Waals surface area contributed by atoms with Gasteiger partial charge in [0.25, 0.3) is 0 Å². The maximum Gasteiger partial charge on any atom is 0.0930 e. The second-order valence-corrected chi connectivity index (χ2v) is 15.5. The molecule has 3 N–H and O–H groups in total. The Kier molecular flexibility index (Phi) is 6.95. The Bertz CT molecular complexity index is 876. The molecular weight excluding hydrogens is 458 g/mol. The van der Waals surface area contributed by atoms with Crippen LogP contribution in [0.5, 0.6) is 0 Å². The van der Waals surface area contributed by atoms with E-state index in [9.17, 15) is 10.2 Å². The average Bonchev–Trinajstić information content (AvgIpc) is 3.16. The van der Waals surface area contributed by atoms with Gasteiger partial charge in [0, 0.05) is 11.8 Å². The summed E-state index contributed by atoms with van der Waals surface area (Å²) in [5.74, 6) is 3.94. The lowest BCUT2D eigenvalue weighted by molar-refractivity contribution is -0.0693. The van der Waals surface area contributed by atoms with E-state index in [0.717, 1.165) is 62.2 Å². The second-order valence-electron chi connectivity index (χ2n) is 15.5. The Balaban J connectivity index is 1.12. The molecule has 0 aromatic heterocycles. The monoisotopic (exact) mass is 513 g/mol. The highest BCUT2D eigenvalue weighted by Crippen LogP contribution is 2.69. The maximum absolute atomic E-state index is 11.1. The van der Waals surface area contributed by atoms with Crippen molar-refractivity contribution in [3.05, 3.63) is 12.2 Å². The quantitative estimate of drug-likeness (QED) is 0.284. The van der Waals surface area contributed by atoms with Gasteiger partial charge in [-0.3, -0.25) is 0 Å². The van der Waals surface area contributed by atoms with Crippen LogP contribution in [-0.2, 0) is 4.74 Å². The summed E-state index contributed by atoms with van der Waals surface area (Å²) < 4.78 is 6.66. The van der Waals surface area contributed by atoms with Crippen LogP contribution in [0.3, 0.4) is 0 Å². The number of ether oxygens (including phenoxy) is 1. The van der Waals surface area contributed by atoms with Gasteiger partial charge in [-0.05, 0) is 152 Å². The standard InChI is InChI=1S/C33H55NO3/c1-22-17-32(14-9-23(18-32)10-15-33(36)12-5-6-26(35)19-33)29-31(3,37-29)13-11-28-27(22)20-30(28,2)25-8-7-24(16-25)21-34-4/h23-29,34-36H,1,5-21H2,2-4H3/t23-,24-,25+,26-,27+,28+,29+,30+,31+,32+,33-/m0/s1. The molecule has 0 amide bonds. The summed E-state index contributed by atoms with van der Waals surface area (Å²) in [5.41, 5.74) is 1.72. The molecule has 0 aromatic rings. The van der Waals surface area contributed by atoms with Gasteiger partial charge >= 0.3 is 0 Å². The molecule has 1 heterocycles. The number of aliphatic hydroxyl groups excluding tert-OH is 1. The lowest BCUT2D eigenvalue weighted by Crippen LogP contribution is -2.51. The molecule has 4 nitrogen and oxygen atoms in total. The fraction of sp³-hybridized carbons (Fsp3) is 0.939. The van der Waals surface area contributed by atoms with Gasteiger partial charge in [-0.1, -0.05) is 19.1 Å². The molecule has 6 aliphatic rings. The number of aliphatic hydroxyl groups is 2. The summed E-state index contributed by atoms with van der Waals surface area (Å²) in [6, 6.07) is 0. The van der Waals surface area contributed by atoms with Gasteiger partial charge < -0.3 is 20.3 Å². The van der Waals surface area contributed by atoms with Gasteiger partial charge in [-0.25, -0.2) is 0 Å². The Morgan fingerprint density at radius 1 is 1.00 bits per heavy atom. The third kappa shape index (κ3) is 4.78. The molecule has 0 aromatic carbocycles. The van der Waals surface area contributed by atoms with Crippen LogP contribution < -0.4 is 5.32 Å². The number of rotatable bonds is 6. The van der Waals surface area contributed by atoms with Crippen LogP contribution in [0, 0.1) is 40.4 Å². The van der Waals surface area contributed by atoms with Crippen LogP contribution >= 0.6 is 0 Å². The number of fused-ring (bicyclic) bond motifs is 3. The van der Waals surface area contributed by atoms with Crippen LogP contribution in [-0.4, -0.2) is 47.2 Å². The Morgan fingerprint density at radius 2 is 1.84 bits per heavy atom. The van der Waals surface area contributed by atoms with E-state index in [1.165, 1.54) is 64.3 Å². The smallest absolute Gasteiger partial charge is 0.0930 e. The van der Waals surface area contributed by atoms with E-state index >= 15 is 0 Å². The third-order valence-corrected chi connectivity index (χ3v) is 13.0. The van der Waals surface area contributed by atoms with Gasteiger partial charge in [0.2, 0.25) is 0 Å². The Labute approximate surface area is 226 Å². The van der Waals surface area contributed by atoms with Crippen LogP contribution in [0.15, 0.2) is 12.2 Å². The number of allylic oxidation sites excluding steroid dienone is 1. The minimum Gasteiger partial charge on any atom is -0.393 e. The minimum atomic E-state index is -0.643. The van der Waals surface area contributed by atoms with Gasteiger partial charge in [-0.2, -0.15) is 0 Å². The Morgan fingerprint density at radius 3 is 2.62 bits per heavy atom. The van der Waals surface area contributed by atoms with Crippen molar-refractivity contribution >= 4 is 0 Å². The summed E-state index contributed by atoms with van der Waals surface area (Å²) in [7, 11) is 2.11. The van der Waals surface area contributed by atoms with Crippen molar-refractivity contribution in [1.82, 2.24) is 5.32 Å². The SMILES string of the molecule is C=C1C[C@@]2(CC[C@@H](CC[C@@]3(O)CCC[C@H](O)C3)C2)[C@@H]2O[C@]2(C)CC[C@@H]2[C@@H]1C[C@]2(C)[C@@H]1CC[C@H](CNC)C1. The summed E-state index contributed by atoms with van der Waals surface area (Å²) >= 11 is 0. The lowest BCUT2D eigenvalue weighted by Gasteiger charge is -2.58. The number of epoxide rings is 1. The fourth-order valence-electron chi connectivity index (χ4n) is 10.9. The molecule has 4 heteroatoms. The van der Waals surface area contributed by atoms with Gasteiger partial charge in [0.1, 0.15) is 0 Å². The number of hydrogen-bond acceptors (Lipinski definition) is 4. The van der Waals surface area contributed by atoms with Crippen molar-refractivity contribution < 1.29 is 14.9 Å². The van der Waals surface area contributed by atoms with Crippen molar-refractivity contribution in [1.29, 1.82) is 0 Å². The molecule has 0 radical (unpaired) electrons. The maximum atomic E-state index is 11.1. The molecule has 0 bridgehead atoms. The van der Waals surface area contributed by atoms with Crippen molar-refractivity contribution in [2.75, 3.05) is 13.6 Å². The highest BCUT2D eigenvalue weighted by molar-refractivity contribution is 5.23. The predicted octanol–water partition coefficient (Wildman–Crippen LogP) is 6.39. The zero-order valence-electron chi connectivity index (χ0n) is 24.1. The zero-order chi connectivity index (χ0) is 26.1. The van der Waals surface area contributed by atoms with E-state index in [4.69, 9.17) is 11.3 Å². The normalized spacial score (nSPS) is 53.6. The van der Waals surface area contributed by atoms with E-state index < -0.39 is 5.60 Å². The van der Waals surface area contributed by atoms with E-state index in [0.29, 0.717) is 23.9 Å². The van der Waals surface area contributed by atoms with E-state index in [1.54, 1.807) is 5.57 Å². The van der Waals surface area contributed by atoms with Crippen molar-refractivity contribution in [2.45, 2.75) is 140 Å². The summed E-state index contributed by atoms with van der Waals surface area (Å²) in [6.45, 7) is 11.0. The third-order valence-electron chi connectivity index (χ3n) is 13.0. The molecule has 210 valence electrons. The van der Waals surface area contributed by atoms with Crippen LogP contribution in [0.25, 0.3) is 0 Å². The molecule has 11 atom stereocenters. The fourth-order valence-corrected chi connectivity index (χ4v) is 10.9. The van der Waals surface area contributed by atoms with Crippen LogP contribution in [0.4, 0.5) is 0 Å². The van der Waals surface area contributed by atoms with Crippen LogP contribution in [0.1, 0.15) is 117 Å². The number of hydrogen-bond donors (Lipinski definition) is 3. The summed E-state index contributed by atoms with van der Waals surface area (Å²) in [4.78, 5) is 0. The zero-order valence-corrected chi connectivity index (χ0v) is 24.1. The number of nitrogens with one attached hydrogen (secondary N) is 1. The molecular formula is C33H55NO3. The highest BCUT2D eigenvalue weighted by atomic mass is 16.6. The second kappa shape index (κ2) is 9.60. The highest BCUT2D eigenvalue weighted by Gasteiger charge is 2.66. The first kappa shape index (κ1) is 26.8. The molecule has 5 saturated carbocycles. The molecule has 1 spiro atoms. The first-order chi connectivity index (χ1) is 17.6. The van der Waals surface area contributed by atoms with Gasteiger partial charge in [0.05, 0.1) is 23.4 Å². The first-order valence-corrected chi connectivity index (χ1v) is 16.0. The molecule has 37 heavy (non-hydrogen) atoms. The summed E-state index contributed by atoms with van der Waals surface area (Å²) in [5, 5.41) is 24.7. The van der Waals surface area contributed by atoms with Crippen molar-refractivity contribution in [3.63, 3.8) is 0 Å². The molecule has 1 aliphatic heterocycles.